The zero-order valence-electron chi connectivity index (χ0n) is 13.1. The lowest BCUT2D eigenvalue weighted by Crippen LogP contribution is -2.33. The van der Waals surface area contributed by atoms with Crippen LogP contribution in [0.25, 0.3) is 0 Å². The topological polar surface area (TPSA) is 89.3 Å². The molecule has 2 rings (SSSR count). The highest BCUT2D eigenvalue weighted by atomic mass is 16.5. The van der Waals surface area contributed by atoms with Crippen LogP contribution in [0, 0.1) is 0 Å². The summed E-state index contributed by atoms with van der Waals surface area (Å²) in [6, 6.07) is 10.3. The van der Waals surface area contributed by atoms with Crippen molar-refractivity contribution in [3.8, 4) is 0 Å². The fourth-order valence-electron chi connectivity index (χ4n) is 1.91. The number of hydrogen-bond acceptors (Lipinski definition) is 4. The van der Waals surface area contributed by atoms with Gasteiger partial charge in [-0.2, -0.15) is 4.98 Å². The molecule has 0 atom stereocenters. The molecule has 1 heterocycles. The van der Waals surface area contributed by atoms with E-state index in [0.29, 0.717) is 24.8 Å². The lowest BCUT2D eigenvalue weighted by Gasteiger charge is -2.05. The second kappa shape index (κ2) is 8.17. The van der Waals surface area contributed by atoms with Gasteiger partial charge in [-0.1, -0.05) is 49.3 Å². The average Bonchev–Trinajstić information content (AvgIpc) is 2.97. The van der Waals surface area contributed by atoms with Crippen molar-refractivity contribution in [3.05, 3.63) is 47.6 Å². The second-order valence-electron chi connectivity index (χ2n) is 5.38. The van der Waals surface area contributed by atoms with Crippen LogP contribution in [0.3, 0.4) is 0 Å². The van der Waals surface area contributed by atoms with Crippen molar-refractivity contribution in [1.29, 1.82) is 0 Å². The van der Waals surface area contributed by atoms with Gasteiger partial charge in [0.1, 0.15) is 0 Å². The molecule has 0 radical (unpaired) electrons. The molecule has 2 aromatic rings. The van der Waals surface area contributed by atoms with Gasteiger partial charge >= 0.3 is 0 Å². The summed E-state index contributed by atoms with van der Waals surface area (Å²) in [7, 11) is 0. The SMILES string of the molecule is CC(C)c1noc(CCN=C(N)NCCc2ccccc2)n1. The number of benzene rings is 1. The molecule has 6 heteroatoms. The maximum Gasteiger partial charge on any atom is 0.228 e. The van der Waals surface area contributed by atoms with E-state index in [1.807, 2.05) is 32.0 Å². The quantitative estimate of drug-likeness (QED) is 0.602. The Morgan fingerprint density at radius 3 is 2.73 bits per heavy atom. The van der Waals surface area contributed by atoms with Crippen LogP contribution in [0.4, 0.5) is 0 Å². The standard InChI is InChI=1S/C16H23N5O/c1-12(2)15-20-14(22-21-15)9-11-19-16(17)18-10-8-13-6-4-3-5-7-13/h3-7,12H,8-11H2,1-2H3,(H3,17,18,19). The van der Waals surface area contributed by atoms with Crippen LogP contribution in [0.15, 0.2) is 39.8 Å². The van der Waals surface area contributed by atoms with Crippen LogP contribution >= 0.6 is 0 Å². The molecule has 0 fully saturated rings. The average molecular weight is 301 g/mol. The predicted molar refractivity (Wildman–Crippen MR) is 86.7 cm³/mol. The molecule has 0 aliphatic carbocycles. The van der Waals surface area contributed by atoms with Gasteiger partial charge in [0.25, 0.3) is 0 Å². The van der Waals surface area contributed by atoms with E-state index in [9.17, 15) is 0 Å². The summed E-state index contributed by atoms with van der Waals surface area (Å²) >= 11 is 0. The third kappa shape index (κ3) is 5.20. The number of aliphatic imine (C=N–C) groups is 1. The fraction of sp³-hybridized carbons (Fsp3) is 0.438. The summed E-state index contributed by atoms with van der Waals surface area (Å²) in [5.41, 5.74) is 7.10. The first-order chi connectivity index (χ1) is 10.6. The first kappa shape index (κ1) is 16.0. The largest absolute Gasteiger partial charge is 0.370 e. The van der Waals surface area contributed by atoms with Crippen LogP contribution in [-0.4, -0.2) is 29.2 Å². The summed E-state index contributed by atoms with van der Waals surface area (Å²) in [5.74, 6) is 2.04. The Kier molecular flexibility index (Phi) is 5.94. The smallest absolute Gasteiger partial charge is 0.228 e. The van der Waals surface area contributed by atoms with Crippen LogP contribution in [0.1, 0.15) is 37.0 Å². The molecule has 0 amide bonds. The van der Waals surface area contributed by atoms with Crippen molar-refractivity contribution in [2.75, 3.05) is 13.1 Å². The molecule has 0 aliphatic rings. The highest BCUT2D eigenvalue weighted by Gasteiger charge is 2.08. The number of aromatic nitrogens is 2. The lowest BCUT2D eigenvalue weighted by molar-refractivity contribution is 0.372. The monoisotopic (exact) mass is 301 g/mol. The zero-order valence-corrected chi connectivity index (χ0v) is 13.1. The molecule has 0 aliphatic heterocycles. The van der Waals surface area contributed by atoms with Crippen molar-refractivity contribution in [2.24, 2.45) is 10.7 Å². The number of rotatable bonds is 7. The Morgan fingerprint density at radius 2 is 2.05 bits per heavy atom. The maximum atomic E-state index is 5.83. The lowest BCUT2D eigenvalue weighted by atomic mass is 10.1. The highest BCUT2D eigenvalue weighted by molar-refractivity contribution is 5.77. The molecule has 1 aromatic heterocycles. The number of nitrogens with zero attached hydrogens (tertiary/aromatic N) is 3. The van der Waals surface area contributed by atoms with Gasteiger partial charge in [-0.3, -0.25) is 4.99 Å². The van der Waals surface area contributed by atoms with E-state index in [4.69, 9.17) is 10.3 Å². The van der Waals surface area contributed by atoms with Gasteiger partial charge in [-0.25, -0.2) is 0 Å². The number of hydrogen-bond donors (Lipinski definition) is 2. The Labute approximate surface area is 130 Å². The second-order valence-corrected chi connectivity index (χ2v) is 5.38. The van der Waals surface area contributed by atoms with Crippen molar-refractivity contribution < 1.29 is 4.52 Å². The predicted octanol–water partition coefficient (Wildman–Crippen LogP) is 1.88. The molecule has 0 saturated heterocycles. The van der Waals surface area contributed by atoms with E-state index < -0.39 is 0 Å². The summed E-state index contributed by atoms with van der Waals surface area (Å²) in [6.45, 7) is 5.35. The zero-order chi connectivity index (χ0) is 15.8. The van der Waals surface area contributed by atoms with Crippen LogP contribution < -0.4 is 11.1 Å². The van der Waals surface area contributed by atoms with E-state index in [2.05, 4.69) is 32.6 Å². The molecule has 1 aromatic carbocycles. The summed E-state index contributed by atoms with van der Waals surface area (Å²) in [4.78, 5) is 8.56. The van der Waals surface area contributed by atoms with E-state index in [1.54, 1.807) is 0 Å². The number of nitrogens with one attached hydrogen (secondary N) is 1. The molecular weight excluding hydrogens is 278 g/mol. The van der Waals surface area contributed by atoms with E-state index in [1.165, 1.54) is 5.56 Å². The Balaban J connectivity index is 1.68. The van der Waals surface area contributed by atoms with Gasteiger partial charge in [0, 0.05) is 18.9 Å². The molecular formula is C16H23N5O. The summed E-state index contributed by atoms with van der Waals surface area (Å²) in [6.07, 6.45) is 1.51. The maximum absolute atomic E-state index is 5.83. The van der Waals surface area contributed by atoms with E-state index in [0.717, 1.165) is 18.8 Å². The van der Waals surface area contributed by atoms with Crippen LogP contribution in [-0.2, 0) is 12.8 Å². The van der Waals surface area contributed by atoms with Gasteiger partial charge in [0.15, 0.2) is 11.8 Å². The van der Waals surface area contributed by atoms with Crippen LogP contribution in [0.5, 0.6) is 0 Å². The first-order valence-corrected chi connectivity index (χ1v) is 7.55. The van der Waals surface area contributed by atoms with Crippen molar-refractivity contribution in [3.63, 3.8) is 0 Å². The normalized spacial score (nSPS) is 11.9. The molecule has 0 unspecified atom stereocenters. The Bertz CT molecular complexity index is 592. The Hall–Kier alpha value is -2.37. The van der Waals surface area contributed by atoms with Crippen molar-refractivity contribution in [2.45, 2.75) is 32.6 Å². The highest BCUT2D eigenvalue weighted by Crippen LogP contribution is 2.09. The van der Waals surface area contributed by atoms with Gasteiger partial charge in [0.05, 0.1) is 6.54 Å². The Morgan fingerprint density at radius 1 is 1.27 bits per heavy atom. The number of nitrogens with two attached hydrogens (primary N) is 1. The van der Waals surface area contributed by atoms with E-state index in [-0.39, 0.29) is 5.92 Å². The van der Waals surface area contributed by atoms with Crippen molar-refractivity contribution in [1.82, 2.24) is 15.5 Å². The van der Waals surface area contributed by atoms with Crippen LogP contribution in [0.2, 0.25) is 0 Å². The minimum atomic E-state index is 0.269. The first-order valence-electron chi connectivity index (χ1n) is 7.55. The molecule has 22 heavy (non-hydrogen) atoms. The molecule has 0 spiro atoms. The summed E-state index contributed by atoms with van der Waals surface area (Å²) < 4.78 is 5.16. The van der Waals surface area contributed by atoms with Gasteiger partial charge in [-0.05, 0) is 12.0 Å². The molecule has 0 saturated carbocycles. The third-order valence-electron chi connectivity index (χ3n) is 3.17. The molecule has 3 N–H and O–H groups in total. The van der Waals surface area contributed by atoms with Gasteiger partial charge in [-0.15, -0.1) is 0 Å². The van der Waals surface area contributed by atoms with Gasteiger partial charge in [0.2, 0.25) is 5.89 Å². The minimum Gasteiger partial charge on any atom is -0.370 e. The van der Waals surface area contributed by atoms with Gasteiger partial charge < -0.3 is 15.6 Å². The molecule has 118 valence electrons. The van der Waals surface area contributed by atoms with Crippen molar-refractivity contribution >= 4 is 5.96 Å². The molecule has 6 nitrogen and oxygen atoms in total. The summed E-state index contributed by atoms with van der Waals surface area (Å²) in [5, 5.41) is 7.02. The number of guanidine groups is 1. The minimum absolute atomic E-state index is 0.269. The fourth-order valence-corrected chi connectivity index (χ4v) is 1.91. The molecule has 0 bridgehead atoms. The van der Waals surface area contributed by atoms with E-state index >= 15 is 0 Å². The third-order valence-corrected chi connectivity index (χ3v) is 3.17.